The Bertz CT molecular complexity index is 1010. The summed E-state index contributed by atoms with van der Waals surface area (Å²) < 4.78 is 33.0. The Morgan fingerprint density at radius 2 is 2.00 bits per heavy atom. The molecule has 1 N–H and O–H groups in total. The van der Waals surface area contributed by atoms with Gasteiger partial charge in [-0.25, -0.2) is 8.42 Å². The lowest BCUT2D eigenvalue weighted by atomic mass is 10.1. The molecule has 1 atom stereocenters. The van der Waals surface area contributed by atoms with Crippen molar-refractivity contribution in [2.45, 2.75) is 37.6 Å². The fourth-order valence-corrected chi connectivity index (χ4v) is 5.43. The summed E-state index contributed by atoms with van der Waals surface area (Å²) in [7, 11) is -2.35. The Morgan fingerprint density at radius 1 is 1.25 bits per heavy atom. The van der Waals surface area contributed by atoms with Crippen molar-refractivity contribution in [3.63, 3.8) is 0 Å². The largest absolute Gasteiger partial charge is 0.497 e. The van der Waals surface area contributed by atoms with Crippen molar-refractivity contribution in [2.24, 2.45) is 0 Å². The van der Waals surface area contributed by atoms with Crippen molar-refractivity contribution in [2.75, 3.05) is 19.0 Å². The molecule has 0 radical (unpaired) electrons. The summed E-state index contributed by atoms with van der Waals surface area (Å²) in [5.74, 6) is 0.103. The van der Waals surface area contributed by atoms with E-state index in [1.54, 1.807) is 44.2 Å². The molecule has 0 spiro atoms. The average molecular weight is 423 g/mol. The number of aryl methyl sites for hydroxylation is 1. The summed E-state index contributed by atoms with van der Waals surface area (Å²) in [6.07, 6.45) is 1.09. The number of rotatable bonds is 5. The molecule has 1 amide bonds. The van der Waals surface area contributed by atoms with Crippen molar-refractivity contribution < 1.29 is 17.9 Å². The first-order valence-electron chi connectivity index (χ1n) is 8.98. The van der Waals surface area contributed by atoms with Gasteiger partial charge < -0.3 is 10.1 Å². The van der Waals surface area contributed by atoms with Gasteiger partial charge in [-0.05, 0) is 56.0 Å². The third-order valence-electron chi connectivity index (χ3n) is 5.01. The third-order valence-corrected chi connectivity index (χ3v) is 7.47. The molecule has 1 aliphatic rings. The monoisotopic (exact) mass is 422 g/mol. The van der Waals surface area contributed by atoms with Gasteiger partial charge in [-0.3, -0.25) is 4.79 Å². The van der Waals surface area contributed by atoms with Crippen LogP contribution in [0.25, 0.3) is 0 Å². The second kappa shape index (κ2) is 8.11. The molecular formula is C20H23ClN2O4S. The molecule has 0 aromatic heterocycles. The van der Waals surface area contributed by atoms with Crippen LogP contribution in [0.2, 0.25) is 5.02 Å². The lowest BCUT2D eigenvalue weighted by Crippen LogP contribution is -2.43. The molecular weight excluding hydrogens is 400 g/mol. The van der Waals surface area contributed by atoms with Gasteiger partial charge in [0.2, 0.25) is 15.9 Å². The predicted molar refractivity (Wildman–Crippen MR) is 109 cm³/mol. The highest BCUT2D eigenvalue weighted by atomic mass is 35.5. The van der Waals surface area contributed by atoms with Gasteiger partial charge in [-0.15, -0.1) is 0 Å². The number of methoxy groups -OCH3 is 1. The zero-order valence-corrected chi connectivity index (χ0v) is 17.6. The van der Waals surface area contributed by atoms with Crippen molar-refractivity contribution >= 4 is 33.2 Å². The highest BCUT2D eigenvalue weighted by Gasteiger charge is 2.40. The summed E-state index contributed by atoms with van der Waals surface area (Å²) in [6.45, 7) is 3.83. The first-order valence-corrected chi connectivity index (χ1v) is 10.8. The van der Waals surface area contributed by atoms with E-state index in [9.17, 15) is 13.2 Å². The predicted octanol–water partition coefficient (Wildman–Crippen LogP) is 3.76. The van der Waals surface area contributed by atoms with Crippen LogP contribution in [0.3, 0.4) is 0 Å². The summed E-state index contributed by atoms with van der Waals surface area (Å²) in [4.78, 5) is 13.0. The lowest BCUT2D eigenvalue weighted by Gasteiger charge is -2.24. The number of halogens is 1. The summed E-state index contributed by atoms with van der Waals surface area (Å²) in [6, 6.07) is 9.38. The number of benzene rings is 2. The van der Waals surface area contributed by atoms with E-state index in [2.05, 4.69) is 5.32 Å². The summed E-state index contributed by atoms with van der Waals surface area (Å²) >= 11 is 6.11. The number of carbonyl (C=O) groups excluding carboxylic acids is 1. The zero-order valence-electron chi connectivity index (χ0n) is 16.0. The van der Waals surface area contributed by atoms with Crippen molar-refractivity contribution in [3.05, 3.63) is 52.5 Å². The smallest absolute Gasteiger partial charge is 0.244 e. The number of amides is 1. The molecule has 8 heteroatoms. The van der Waals surface area contributed by atoms with E-state index in [1.807, 2.05) is 0 Å². The van der Waals surface area contributed by atoms with Crippen LogP contribution in [-0.4, -0.2) is 38.3 Å². The fraction of sp³-hybridized carbons (Fsp3) is 0.350. The van der Waals surface area contributed by atoms with Crippen LogP contribution in [0.1, 0.15) is 24.0 Å². The van der Waals surface area contributed by atoms with Gasteiger partial charge in [-0.1, -0.05) is 23.7 Å². The molecule has 2 aromatic carbocycles. The number of anilines is 1. The standard InChI is InChI=1S/C20H23ClN2O4S/c1-13-9-10-15(27-3)12-19(13)28(25,26)23-11-5-8-18(23)20(24)22-17-7-4-6-16(21)14(17)2/h4,6-7,9-10,12,18H,5,8,11H2,1-3H3,(H,22,24). The SMILES string of the molecule is COc1ccc(C)c(S(=O)(=O)N2CCCC2C(=O)Nc2cccc(Cl)c2C)c1. The molecule has 0 bridgehead atoms. The number of carbonyl (C=O) groups is 1. The molecule has 0 saturated carbocycles. The van der Waals surface area contributed by atoms with E-state index in [4.69, 9.17) is 16.3 Å². The minimum Gasteiger partial charge on any atom is -0.497 e. The normalized spacial score (nSPS) is 17.5. The van der Waals surface area contributed by atoms with Crippen LogP contribution in [0.15, 0.2) is 41.3 Å². The second-order valence-electron chi connectivity index (χ2n) is 6.81. The van der Waals surface area contributed by atoms with E-state index >= 15 is 0 Å². The molecule has 150 valence electrons. The van der Waals surface area contributed by atoms with Gasteiger partial charge in [0.15, 0.2) is 0 Å². The van der Waals surface area contributed by atoms with Crippen molar-refractivity contribution in [1.29, 1.82) is 0 Å². The van der Waals surface area contributed by atoms with Crippen LogP contribution in [0.5, 0.6) is 5.75 Å². The summed E-state index contributed by atoms with van der Waals surface area (Å²) in [5.41, 5.74) is 1.94. The van der Waals surface area contributed by atoms with E-state index < -0.39 is 16.1 Å². The van der Waals surface area contributed by atoms with E-state index in [0.717, 1.165) is 5.56 Å². The van der Waals surface area contributed by atoms with Gasteiger partial charge >= 0.3 is 0 Å². The van der Waals surface area contributed by atoms with Gasteiger partial charge in [0.25, 0.3) is 0 Å². The van der Waals surface area contributed by atoms with Crippen LogP contribution in [0, 0.1) is 13.8 Å². The van der Waals surface area contributed by atoms with E-state index in [1.165, 1.54) is 17.5 Å². The molecule has 28 heavy (non-hydrogen) atoms. The number of nitrogens with zero attached hydrogens (tertiary/aromatic N) is 1. The number of ether oxygens (including phenoxy) is 1. The average Bonchev–Trinajstić information content (AvgIpc) is 3.16. The molecule has 3 rings (SSSR count). The number of hydrogen-bond acceptors (Lipinski definition) is 4. The minimum absolute atomic E-state index is 0.158. The molecule has 1 heterocycles. The Morgan fingerprint density at radius 3 is 2.71 bits per heavy atom. The Labute approximate surface area is 170 Å². The van der Waals surface area contributed by atoms with Crippen LogP contribution >= 0.6 is 11.6 Å². The number of nitrogens with one attached hydrogen (secondary N) is 1. The molecule has 0 aliphatic carbocycles. The van der Waals surface area contributed by atoms with Crippen LogP contribution < -0.4 is 10.1 Å². The minimum atomic E-state index is -3.84. The first-order chi connectivity index (χ1) is 13.3. The van der Waals surface area contributed by atoms with Crippen molar-refractivity contribution in [1.82, 2.24) is 4.31 Å². The molecule has 6 nitrogen and oxygen atoms in total. The van der Waals surface area contributed by atoms with E-state index in [-0.39, 0.29) is 10.8 Å². The fourth-order valence-electron chi connectivity index (χ4n) is 3.36. The maximum Gasteiger partial charge on any atom is 0.244 e. The van der Waals surface area contributed by atoms with Crippen molar-refractivity contribution in [3.8, 4) is 5.75 Å². The Kier molecular flexibility index (Phi) is 5.98. The first kappa shape index (κ1) is 20.6. The van der Waals surface area contributed by atoms with Gasteiger partial charge in [0, 0.05) is 23.3 Å². The maximum absolute atomic E-state index is 13.3. The number of sulfonamides is 1. The second-order valence-corrected chi connectivity index (χ2v) is 9.07. The molecule has 1 saturated heterocycles. The van der Waals surface area contributed by atoms with Gasteiger partial charge in [-0.2, -0.15) is 4.31 Å². The Hall–Kier alpha value is -2.09. The molecule has 2 aromatic rings. The third kappa shape index (κ3) is 3.87. The molecule has 1 unspecified atom stereocenters. The van der Waals surface area contributed by atoms with Gasteiger partial charge in [0.05, 0.1) is 12.0 Å². The number of hydrogen-bond donors (Lipinski definition) is 1. The van der Waals surface area contributed by atoms with Crippen LogP contribution in [0.4, 0.5) is 5.69 Å². The molecule has 1 aliphatic heterocycles. The quantitative estimate of drug-likeness (QED) is 0.796. The molecule has 1 fully saturated rings. The highest BCUT2D eigenvalue weighted by Crippen LogP contribution is 2.31. The topological polar surface area (TPSA) is 75.7 Å². The maximum atomic E-state index is 13.3. The lowest BCUT2D eigenvalue weighted by molar-refractivity contribution is -0.119. The van der Waals surface area contributed by atoms with Crippen LogP contribution in [-0.2, 0) is 14.8 Å². The zero-order chi connectivity index (χ0) is 20.5. The summed E-state index contributed by atoms with van der Waals surface area (Å²) in [5, 5.41) is 3.37. The highest BCUT2D eigenvalue weighted by molar-refractivity contribution is 7.89. The van der Waals surface area contributed by atoms with E-state index in [0.29, 0.717) is 41.4 Å². The Balaban J connectivity index is 1.90. The van der Waals surface area contributed by atoms with Gasteiger partial charge in [0.1, 0.15) is 11.8 Å².